The van der Waals surface area contributed by atoms with Crippen molar-refractivity contribution < 1.29 is 9.53 Å². The van der Waals surface area contributed by atoms with Crippen molar-refractivity contribution in [3.63, 3.8) is 0 Å². The molecular weight excluding hydrogens is 372 g/mol. The number of aryl methyl sites for hydroxylation is 1. The second-order valence-corrected chi connectivity index (χ2v) is 8.66. The van der Waals surface area contributed by atoms with E-state index in [1.807, 2.05) is 11.8 Å². The fraction of sp³-hybridized carbons (Fsp3) is 0.476. The van der Waals surface area contributed by atoms with Gasteiger partial charge in [0, 0.05) is 36.3 Å². The van der Waals surface area contributed by atoms with E-state index in [9.17, 15) is 4.79 Å². The number of rotatable bonds is 4. The Labute approximate surface area is 170 Å². The number of aromatic nitrogens is 2. The zero-order valence-corrected chi connectivity index (χ0v) is 17.0. The Kier molecular flexibility index (Phi) is 6.12. The van der Waals surface area contributed by atoms with Crippen LogP contribution in [0.5, 0.6) is 0 Å². The SMILES string of the molecule is Cc1cccc(SC2CCN(c3cncc(C(=O)N4CCOCC4)n3)CC2)c1. The molecule has 4 rings (SSSR count). The highest BCUT2D eigenvalue weighted by atomic mass is 32.2. The van der Waals surface area contributed by atoms with Crippen molar-refractivity contribution in [2.24, 2.45) is 0 Å². The molecule has 2 aliphatic rings. The third-order valence-electron chi connectivity index (χ3n) is 5.20. The van der Waals surface area contributed by atoms with Crippen molar-refractivity contribution >= 4 is 23.5 Å². The first-order chi connectivity index (χ1) is 13.7. The first-order valence-electron chi connectivity index (χ1n) is 9.86. The normalized spacial score (nSPS) is 18.3. The lowest BCUT2D eigenvalue weighted by atomic mass is 10.1. The zero-order valence-electron chi connectivity index (χ0n) is 16.2. The van der Waals surface area contributed by atoms with Gasteiger partial charge in [-0.15, -0.1) is 11.8 Å². The molecule has 0 atom stereocenters. The monoisotopic (exact) mass is 398 g/mol. The third kappa shape index (κ3) is 4.64. The quantitative estimate of drug-likeness (QED) is 0.789. The van der Waals surface area contributed by atoms with Gasteiger partial charge in [-0.1, -0.05) is 17.7 Å². The first kappa shape index (κ1) is 19.2. The van der Waals surface area contributed by atoms with Crippen molar-refractivity contribution in [1.82, 2.24) is 14.9 Å². The van der Waals surface area contributed by atoms with Crippen molar-refractivity contribution in [2.45, 2.75) is 29.9 Å². The molecule has 2 fully saturated rings. The number of carbonyl (C=O) groups excluding carboxylic acids is 1. The number of morpholine rings is 1. The molecule has 1 aromatic heterocycles. The number of piperidine rings is 1. The lowest BCUT2D eigenvalue weighted by Gasteiger charge is -2.32. The minimum Gasteiger partial charge on any atom is -0.378 e. The van der Waals surface area contributed by atoms with Crippen molar-refractivity contribution in [2.75, 3.05) is 44.3 Å². The molecular formula is C21H26N4O2S. The summed E-state index contributed by atoms with van der Waals surface area (Å²) < 4.78 is 5.32. The van der Waals surface area contributed by atoms with E-state index in [1.165, 1.54) is 10.5 Å². The van der Waals surface area contributed by atoms with E-state index in [0.29, 0.717) is 37.2 Å². The number of anilines is 1. The van der Waals surface area contributed by atoms with Gasteiger partial charge in [0.15, 0.2) is 0 Å². The van der Waals surface area contributed by atoms with Gasteiger partial charge in [-0.2, -0.15) is 0 Å². The zero-order chi connectivity index (χ0) is 19.3. The highest BCUT2D eigenvalue weighted by Gasteiger charge is 2.24. The second kappa shape index (κ2) is 8.92. The molecule has 0 radical (unpaired) electrons. The molecule has 0 aliphatic carbocycles. The van der Waals surface area contributed by atoms with Crippen LogP contribution in [0.15, 0.2) is 41.6 Å². The van der Waals surface area contributed by atoms with E-state index >= 15 is 0 Å². The maximum absolute atomic E-state index is 12.7. The second-order valence-electron chi connectivity index (χ2n) is 7.29. The van der Waals surface area contributed by atoms with Gasteiger partial charge in [-0.25, -0.2) is 4.98 Å². The molecule has 7 heteroatoms. The molecule has 0 unspecified atom stereocenters. The van der Waals surface area contributed by atoms with E-state index in [1.54, 1.807) is 17.3 Å². The van der Waals surface area contributed by atoms with Gasteiger partial charge in [0.05, 0.1) is 25.6 Å². The molecule has 1 amide bonds. The number of benzene rings is 1. The van der Waals surface area contributed by atoms with E-state index in [4.69, 9.17) is 4.74 Å². The molecule has 148 valence electrons. The van der Waals surface area contributed by atoms with Gasteiger partial charge >= 0.3 is 0 Å². The summed E-state index contributed by atoms with van der Waals surface area (Å²) in [5.74, 6) is 0.751. The van der Waals surface area contributed by atoms with Gasteiger partial charge in [0.25, 0.3) is 5.91 Å². The molecule has 3 heterocycles. The van der Waals surface area contributed by atoms with Gasteiger partial charge in [0.2, 0.25) is 0 Å². The van der Waals surface area contributed by atoms with Crippen molar-refractivity contribution in [1.29, 1.82) is 0 Å². The van der Waals surface area contributed by atoms with Crippen LogP contribution in [0.4, 0.5) is 5.82 Å². The molecule has 1 aromatic carbocycles. The van der Waals surface area contributed by atoms with Crippen LogP contribution in [0, 0.1) is 6.92 Å². The van der Waals surface area contributed by atoms with Crippen LogP contribution in [0.2, 0.25) is 0 Å². The van der Waals surface area contributed by atoms with Gasteiger partial charge in [-0.3, -0.25) is 9.78 Å². The summed E-state index contributed by atoms with van der Waals surface area (Å²) in [6.45, 7) is 6.42. The molecule has 0 spiro atoms. The fourth-order valence-electron chi connectivity index (χ4n) is 3.62. The summed E-state index contributed by atoms with van der Waals surface area (Å²) in [7, 11) is 0. The summed E-state index contributed by atoms with van der Waals surface area (Å²) in [5, 5.41) is 0.615. The van der Waals surface area contributed by atoms with Crippen LogP contribution in [-0.4, -0.2) is 65.4 Å². The molecule has 6 nitrogen and oxygen atoms in total. The van der Waals surface area contributed by atoms with Crippen molar-refractivity contribution in [3.05, 3.63) is 47.9 Å². The molecule has 2 saturated heterocycles. The highest BCUT2D eigenvalue weighted by molar-refractivity contribution is 8.00. The number of thioether (sulfide) groups is 1. The maximum Gasteiger partial charge on any atom is 0.274 e. The van der Waals surface area contributed by atoms with Crippen LogP contribution in [0.1, 0.15) is 28.9 Å². The molecule has 0 bridgehead atoms. The van der Waals surface area contributed by atoms with Gasteiger partial charge < -0.3 is 14.5 Å². The topological polar surface area (TPSA) is 58.6 Å². The first-order valence-corrected chi connectivity index (χ1v) is 10.7. The van der Waals surface area contributed by atoms with Gasteiger partial charge in [0.1, 0.15) is 11.5 Å². The van der Waals surface area contributed by atoms with E-state index in [2.05, 4.69) is 46.1 Å². The minimum absolute atomic E-state index is 0.0532. The highest BCUT2D eigenvalue weighted by Crippen LogP contribution is 2.31. The largest absolute Gasteiger partial charge is 0.378 e. The van der Waals surface area contributed by atoms with Crippen LogP contribution >= 0.6 is 11.8 Å². The summed E-state index contributed by atoms with van der Waals surface area (Å²) >= 11 is 1.97. The summed E-state index contributed by atoms with van der Waals surface area (Å²) in [5.41, 5.74) is 1.73. The van der Waals surface area contributed by atoms with E-state index in [-0.39, 0.29) is 5.91 Å². The van der Waals surface area contributed by atoms with E-state index < -0.39 is 0 Å². The predicted molar refractivity (Wildman–Crippen MR) is 111 cm³/mol. The number of amides is 1. The maximum atomic E-state index is 12.7. The van der Waals surface area contributed by atoms with Crippen molar-refractivity contribution in [3.8, 4) is 0 Å². The van der Waals surface area contributed by atoms with Crippen LogP contribution in [0.25, 0.3) is 0 Å². The Morgan fingerprint density at radius 2 is 1.93 bits per heavy atom. The standard InChI is InChI=1S/C21H26N4O2S/c1-16-3-2-4-18(13-16)28-17-5-7-24(8-6-17)20-15-22-14-19(23-20)21(26)25-9-11-27-12-10-25/h2-4,13-15,17H,5-12H2,1H3. The fourth-order valence-corrected chi connectivity index (χ4v) is 4.87. The molecule has 2 aliphatic heterocycles. The molecule has 28 heavy (non-hydrogen) atoms. The average molecular weight is 399 g/mol. The van der Waals surface area contributed by atoms with Crippen LogP contribution < -0.4 is 4.90 Å². The third-order valence-corrected chi connectivity index (χ3v) is 6.53. The lowest BCUT2D eigenvalue weighted by Crippen LogP contribution is -2.41. The number of nitrogens with zero attached hydrogens (tertiary/aromatic N) is 4. The van der Waals surface area contributed by atoms with Gasteiger partial charge in [-0.05, 0) is 31.9 Å². The Morgan fingerprint density at radius 3 is 2.68 bits per heavy atom. The molecule has 2 aromatic rings. The lowest BCUT2D eigenvalue weighted by molar-refractivity contribution is 0.0299. The number of ether oxygens (including phenoxy) is 1. The number of hydrogen-bond acceptors (Lipinski definition) is 6. The Bertz CT molecular complexity index is 818. The molecule has 0 saturated carbocycles. The number of carbonyl (C=O) groups is 1. The summed E-state index contributed by atoms with van der Waals surface area (Å²) in [6.07, 6.45) is 5.54. The molecule has 0 N–H and O–H groups in total. The summed E-state index contributed by atoms with van der Waals surface area (Å²) in [6, 6.07) is 8.70. The Morgan fingerprint density at radius 1 is 1.14 bits per heavy atom. The average Bonchev–Trinajstić information content (AvgIpc) is 2.74. The van der Waals surface area contributed by atoms with Crippen LogP contribution in [0.3, 0.4) is 0 Å². The van der Waals surface area contributed by atoms with E-state index in [0.717, 1.165) is 31.7 Å². The number of hydrogen-bond donors (Lipinski definition) is 0. The smallest absolute Gasteiger partial charge is 0.274 e. The minimum atomic E-state index is -0.0532. The Hall–Kier alpha value is -2.12. The predicted octanol–water partition coefficient (Wildman–Crippen LogP) is 3.02. The Balaban J connectivity index is 1.36. The summed E-state index contributed by atoms with van der Waals surface area (Å²) in [4.78, 5) is 26.9. The van der Waals surface area contributed by atoms with Crippen LogP contribution in [-0.2, 0) is 4.74 Å².